The summed E-state index contributed by atoms with van der Waals surface area (Å²) in [6.07, 6.45) is 3.03. The third-order valence-corrected chi connectivity index (χ3v) is 2.91. The smallest absolute Gasteiger partial charge is 0.347 e. The van der Waals surface area contributed by atoms with Crippen LogP contribution in [0, 0.1) is 6.92 Å². The number of aromatic carboxylic acids is 1. The second kappa shape index (κ2) is 5.41. The number of carboxylic acid groups (broad SMARTS) is 1. The molecular formula is C10H12N2O3S. The number of aryl methyl sites for hydroxylation is 1. The van der Waals surface area contributed by atoms with Crippen LogP contribution < -0.4 is 5.32 Å². The van der Waals surface area contributed by atoms with Gasteiger partial charge in [0, 0.05) is 0 Å². The van der Waals surface area contributed by atoms with Gasteiger partial charge in [0.2, 0.25) is 5.91 Å². The van der Waals surface area contributed by atoms with E-state index in [0.717, 1.165) is 11.3 Å². The lowest BCUT2D eigenvalue weighted by molar-refractivity contribution is -0.116. The van der Waals surface area contributed by atoms with Crippen molar-refractivity contribution >= 4 is 23.2 Å². The minimum absolute atomic E-state index is 0.216. The highest BCUT2D eigenvalue weighted by atomic mass is 32.1. The zero-order valence-electron chi connectivity index (χ0n) is 8.98. The molecule has 2 N–H and O–H groups in total. The summed E-state index contributed by atoms with van der Waals surface area (Å²) < 4.78 is 0. The zero-order chi connectivity index (χ0) is 12.1. The topological polar surface area (TPSA) is 79.3 Å². The Hall–Kier alpha value is -1.69. The van der Waals surface area contributed by atoms with Crippen LogP contribution in [-0.4, -0.2) is 22.0 Å². The molecule has 0 spiro atoms. The summed E-state index contributed by atoms with van der Waals surface area (Å²) in [5.74, 6) is -1.20. The number of carbonyl (C=O) groups excluding carboxylic acids is 1. The van der Waals surface area contributed by atoms with E-state index >= 15 is 0 Å². The van der Waals surface area contributed by atoms with E-state index in [0.29, 0.717) is 10.7 Å². The molecule has 1 aromatic heterocycles. The Labute approximate surface area is 96.8 Å². The van der Waals surface area contributed by atoms with Gasteiger partial charge in [-0.3, -0.25) is 4.79 Å². The largest absolute Gasteiger partial charge is 0.477 e. The average Bonchev–Trinajstić information content (AvgIpc) is 2.57. The molecular weight excluding hydrogens is 228 g/mol. The van der Waals surface area contributed by atoms with E-state index < -0.39 is 5.97 Å². The van der Waals surface area contributed by atoms with Crippen molar-refractivity contribution in [2.24, 2.45) is 0 Å². The number of aromatic nitrogens is 1. The van der Waals surface area contributed by atoms with Crippen molar-refractivity contribution in [3.63, 3.8) is 0 Å². The molecule has 0 radical (unpaired) electrons. The first-order valence-corrected chi connectivity index (χ1v) is 5.46. The Kier molecular flexibility index (Phi) is 4.19. The maximum absolute atomic E-state index is 11.1. The number of hydrogen-bond acceptors (Lipinski definition) is 4. The SMILES string of the molecule is CC=CC(=O)NCc1nc(C)c(C(=O)O)s1. The molecule has 0 aromatic carbocycles. The number of nitrogens with one attached hydrogen (secondary N) is 1. The van der Waals surface area contributed by atoms with Gasteiger partial charge >= 0.3 is 5.97 Å². The molecule has 0 saturated heterocycles. The maximum Gasteiger partial charge on any atom is 0.347 e. The first-order chi connectivity index (χ1) is 7.54. The Morgan fingerprint density at radius 3 is 2.75 bits per heavy atom. The van der Waals surface area contributed by atoms with Gasteiger partial charge in [0.15, 0.2) is 0 Å². The van der Waals surface area contributed by atoms with Crippen molar-refractivity contribution < 1.29 is 14.7 Å². The summed E-state index contributed by atoms with van der Waals surface area (Å²) >= 11 is 1.08. The van der Waals surface area contributed by atoms with E-state index in [1.54, 1.807) is 19.9 Å². The number of amides is 1. The van der Waals surface area contributed by atoms with Crippen molar-refractivity contribution in [3.05, 3.63) is 27.7 Å². The fourth-order valence-electron chi connectivity index (χ4n) is 1.10. The van der Waals surface area contributed by atoms with E-state index in [4.69, 9.17) is 5.11 Å². The van der Waals surface area contributed by atoms with Crippen LogP contribution in [0.15, 0.2) is 12.2 Å². The third-order valence-electron chi connectivity index (χ3n) is 1.77. The van der Waals surface area contributed by atoms with Gasteiger partial charge in [-0.05, 0) is 19.9 Å². The van der Waals surface area contributed by atoms with Crippen molar-refractivity contribution in [1.82, 2.24) is 10.3 Å². The lowest BCUT2D eigenvalue weighted by atomic mass is 10.4. The highest BCUT2D eigenvalue weighted by Gasteiger charge is 2.13. The van der Waals surface area contributed by atoms with E-state index in [-0.39, 0.29) is 17.3 Å². The summed E-state index contributed by atoms with van der Waals surface area (Å²) in [6.45, 7) is 3.63. The van der Waals surface area contributed by atoms with Gasteiger partial charge in [0.05, 0.1) is 12.2 Å². The van der Waals surface area contributed by atoms with Crippen molar-refractivity contribution in [3.8, 4) is 0 Å². The summed E-state index contributed by atoms with van der Waals surface area (Å²) in [5.41, 5.74) is 0.479. The molecule has 1 rings (SSSR count). The predicted octanol–water partition coefficient (Wildman–Crippen LogP) is 1.34. The van der Waals surface area contributed by atoms with Crippen molar-refractivity contribution in [1.29, 1.82) is 0 Å². The summed E-state index contributed by atoms with van der Waals surface area (Å²) in [5, 5.41) is 12.0. The Balaban J connectivity index is 2.65. The molecule has 0 unspecified atom stereocenters. The highest BCUT2D eigenvalue weighted by molar-refractivity contribution is 7.13. The van der Waals surface area contributed by atoms with Gasteiger partial charge in [0.1, 0.15) is 9.88 Å². The number of carboxylic acids is 1. The molecule has 1 aromatic rings. The molecule has 0 aliphatic carbocycles. The van der Waals surface area contributed by atoms with Crippen LogP contribution in [0.2, 0.25) is 0 Å². The average molecular weight is 240 g/mol. The van der Waals surface area contributed by atoms with Crippen molar-refractivity contribution in [2.75, 3.05) is 0 Å². The van der Waals surface area contributed by atoms with Crippen LogP contribution >= 0.6 is 11.3 Å². The molecule has 0 atom stereocenters. The molecule has 0 bridgehead atoms. The fraction of sp³-hybridized carbons (Fsp3) is 0.300. The second-order valence-electron chi connectivity index (χ2n) is 3.05. The second-order valence-corrected chi connectivity index (χ2v) is 4.13. The highest BCUT2D eigenvalue weighted by Crippen LogP contribution is 2.17. The molecule has 5 nitrogen and oxygen atoms in total. The number of rotatable bonds is 4. The summed E-state index contributed by atoms with van der Waals surface area (Å²) in [4.78, 5) is 26.1. The quantitative estimate of drug-likeness (QED) is 0.778. The van der Waals surface area contributed by atoms with E-state index in [2.05, 4.69) is 10.3 Å². The molecule has 1 heterocycles. The molecule has 0 aliphatic heterocycles. The zero-order valence-corrected chi connectivity index (χ0v) is 9.80. The number of carbonyl (C=O) groups is 2. The van der Waals surface area contributed by atoms with Gasteiger partial charge in [-0.2, -0.15) is 0 Å². The Morgan fingerprint density at radius 2 is 2.25 bits per heavy atom. The number of nitrogens with zero attached hydrogens (tertiary/aromatic N) is 1. The Morgan fingerprint density at radius 1 is 1.56 bits per heavy atom. The van der Waals surface area contributed by atoms with Crippen LogP contribution in [0.5, 0.6) is 0 Å². The molecule has 6 heteroatoms. The Bertz CT molecular complexity index is 437. The molecule has 0 aliphatic rings. The van der Waals surface area contributed by atoms with Crippen LogP contribution in [-0.2, 0) is 11.3 Å². The third kappa shape index (κ3) is 3.16. The number of thiazole rings is 1. The van der Waals surface area contributed by atoms with E-state index in [1.165, 1.54) is 6.08 Å². The van der Waals surface area contributed by atoms with Crippen LogP contribution in [0.1, 0.15) is 27.3 Å². The monoisotopic (exact) mass is 240 g/mol. The van der Waals surface area contributed by atoms with Crippen LogP contribution in [0.3, 0.4) is 0 Å². The van der Waals surface area contributed by atoms with Gasteiger partial charge in [-0.1, -0.05) is 6.08 Å². The van der Waals surface area contributed by atoms with Gasteiger partial charge in [-0.25, -0.2) is 9.78 Å². The van der Waals surface area contributed by atoms with E-state index in [9.17, 15) is 9.59 Å². The molecule has 0 saturated carbocycles. The standard InChI is InChI=1S/C10H12N2O3S/c1-3-4-7(13)11-5-8-12-6(2)9(16-8)10(14)15/h3-4H,5H2,1-2H3,(H,11,13)(H,14,15). The lowest BCUT2D eigenvalue weighted by Gasteiger charge is -1.96. The first-order valence-electron chi connectivity index (χ1n) is 4.64. The minimum Gasteiger partial charge on any atom is -0.477 e. The fourth-order valence-corrected chi connectivity index (χ4v) is 1.94. The van der Waals surface area contributed by atoms with Gasteiger partial charge in [0.25, 0.3) is 0 Å². The predicted molar refractivity (Wildman–Crippen MR) is 60.5 cm³/mol. The minimum atomic E-state index is -0.985. The molecule has 86 valence electrons. The molecule has 1 amide bonds. The van der Waals surface area contributed by atoms with Crippen LogP contribution in [0.4, 0.5) is 0 Å². The van der Waals surface area contributed by atoms with E-state index in [1.807, 2.05) is 0 Å². The summed E-state index contributed by atoms with van der Waals surface area (Å²) in [6, 6.07) is 0. The maximum atomic E-state index is 11.1. The summed E-state index contributed by atoms with van der Waals surface area (Å²) in [7, 11) is 0. The molecule has 16 heavy (non-hydrogen) atoms. The van der Waals surface area contributed by atoms with Gasteiger partial charge < -0.3 is 10.4 Å². The molecule has 0 fully saturated rings. The number of allylic oxidation sites excluding steroid dienone is 1. The van der Waals surface area contributed by atoms with Gasteiger partial charge in [-0.15, -0.1) is 11.3 Å². The van der Waals surface area contributed by atoms with Crippen molar-refractivity contribution in [2.45, 2.75) is 20.4 Å². The van der Waals surface area contributed by atoms with Crippen LogP contribution in [0.25, 0.3) is 0 Å². The normalized spacial score (nSPS) is 10.6. The lowest BCUT2D eigenvalue weighted by Crippen LogP contribution is -2.20. The first kappa shape index (κ1) is 12.4. The number of hydrogen-bond donors (Lipinski definition) is 2.